The van der Waals surface area contributed by atoms with E-state index in [9.17, 15) is 19.2 Å². The summed E-state index contributed by atoms with van der Waals surface area (Å²) in [5, 5.41) is 2.81. The van der Waals surface area contributed by atoms with E-state index in [1.165, 1.54) is 17.2 Å². The second kappa shape index (κ2) is 14.1. The molecule has 0 unspecified atom stereocenters. The zero-order valence-corrected chi connectivity index (χ0v) is 30.0. The third kappa shape index (κ3) is 7.19. The number of para-hydroxylation sites is 1. The molecule has 3 aromatic heterocycles. The van der Waals surface area contributed by atoms with E-state index in [2.05, 4.69) is 20.3 Å². The Labute approximate surface area is 302 Å². The number of nitrogens with one attached hydrogen (secondary N) is 2. The van der Waals surface area contributed by atoms with Crippen molar-refractivity contribution in [2.45, 2.75) is 83.0 Å². The van der Waals surface area contributed by atoms with Crippen molar-refractivity contribution in [2.75, 3.05) is 31.1 Å². The highest BCUT2D eigenvalue weighted by molar-refractivity contribution is 6.30. The van der Waals surface area contributed by atoms with E-state index >= 15 is 13.2 Å². The highest BCUT2D eigenvalue weighted by Gasteiger charge is 2.47. The zero-order chi connectivity index (χ0) is 37.6. The monoisotopic (exact) mass is 744 g/mol. The van der Waals surface area contributed by atoms with Gasteiger partial charge in [0.1, 0.15) is 28.4 Å². The van der Waals surface area contributed by atoms with Gasteiger partial charge in [0.15, 0.2) is 11.4 Å². The Bertz CT molecular complexity index is 2080. The summed E-state index contributed by atoms with van der Waals surface area (Å²) in [4.78, 5) is 65.2. The van der Waals surface area contributed by atoms with Crippen molar-refractivity contribution in [1.29, 1.82) is 0 Å². The van der Waals surface area contributed by atoms with Crippen LogP contribution in [0.15, 0.2) is 45.7 Å². The van der Waals surface area contributed by atoms with Gasteiger partial charge in [-0.2, -0.15) is 8.78 Å². The van der Waals surface area contributed by atoms with Gasteiger partial charge in [0, 0.05) is 56.5 Å². The second-order valence-electron chi connectivity index (χ2n) is 14.4. The lowest BCUT2D eigenvalue weighted by Crippen LogP contribution is -2.50. The van der Waals surface area contributed by atoms with Crippen LogP contribution in [-0.2, 0) is 30.7 Å². The van der Waals surface area contributed by atoms with Gasteiger partial charge < -0.3 is 29.3 Å². The van der Waals surface area contributed by atoms with Crippen LogP contribution in [-0.4, -0.2) is 75.5 Å². The van der Waals surface area contributed by atoms with E-state index in [0.717, 1.165) is 0 Å². The van der Waals surface area contributed by atoms with Gasteiger partial charge >= 0.3 is 11.9 Å². The minimum Gasteiger partial charge on any atom is -0.458 e. The molecular weight excluding hydrogens is 705 g/mol. The van der Waals surface area contributed by atoms with Crippen LogP contribution < -0.4 is 15.8 Å². The van der Waals surface area contributed by atoms with Gasteiger partial charge in [-0.25, -0.2) is 19.2 Å². The number of carbonyl (C=O) groups is 3. The third-order valence-electron chi connectivity index (χ3n) is 9.51. The SMILES string of the molecule is C[C@H]1CN(C(=O)CCCNC(=O)C(F)(F)c2nc(N3CCC[C@H]3C(=O)OC(C)(C)C)c3oc4ccccc4c3n2)CC[C@]1(F)c1cc(Cl)c[nH]c1=O. The number of piperidine rings is 1. The number of hydrogen-bond donors (Lipinski definition) is 2. The maximum atomic E-state index is 16.0. The van der Waals surface area contributed by atoms with Crippen molar-refractivity contribution >= 4 is 57.3 Å². The molecule has 2 N–H and O–H groups in total. The summed E-state index contributed by atoms with van der Waals surface area (Å²) in [5.41, 5.74) is -2.92. The molecule has 0 saturated carbocycles. The molecular formula is C36H40ClF3N6O6. The summed E-state index contributed by atoms with van der Waals surface area (Å²) in [6, 6.07) is 7.20. The number of ether oxygens (including phenoxy) is 1. The molecule has 2 amide bonds. The van der Waals surface area contributed by atoms with E-state index in [1.807, 2.05) is 0 Å². The van der Waals surface area contributed by atoms with Crippen LogP contribution in [0.1, 0.15) is 71.2 Å². The molecule has 2 saturated heterocycles. The van der Waals surface area contributed by atoms with Gasteiger partial charge in [0.05, 0.1) is 10.6 Å². The molecule has 12 nitrogen and oxygen atoms in total. The molecule has 0 spiro atoms. The van der Waals surface area contributed by atoms with Gasteiger partial charge in [-0.15, -0.1) is 0 Å². The Balaban J connectivity index is 1.14. The number of esters is 1. The van der Waals surface area contributed by atoms with Crippen molar-refractivity contribution in [2.24, 2.45) is 5.92 Å². The number of aromatic nitrogens is 3. The number of rotatable bonds is 9. The molecule has 0 bridgehead atoms. The number of amides is 2. The Morgan fingerprint density at radius 3 is 2.65 bits per heavy atom. The van der Waals surface area contributed by atoms with Crippen LogP contribution in [0.4, 0.5) is 19.0 Å². The summed E-state index contributed by atoms with van der Waals surface area (Å²) in [5.74, 6) is -8.58. The average molecular weight is 745 g/mol. The molecule has 0 aliphatic carbocycles. The van der Waals surface area contributed by atoms with Crippen molar-refractivity contribution < 1.29 is 36.7 Å². The van der Waals surface area contributed by atoms with Gasteiger partial charge in [0.2, 0.25) is 11.7 Å². The summed E-state index contributed by atoms with van der Waals surface area (Å²) in [7, 11) is 0. The molecule has 278 valence electrons. The molecule has 6 rings (SSSR count). The van der Waals surface area contributed by atoms with Crippen molar-refractivity contribution in [3.8, 4) is 0 Å². The Hall–Kier alpha value is -4.66. The number of halogens is 4. The molecule has 2 aliphatic heterocycles. The molecule has 1 aromatic carbocycles. The quantitative estimate of drug-likeness (QED) is 0.161. The number of hydrogen-bond acceptors (Lipinski definition) is 9. The topological polar surface area (TPSA) is 151 Å². The highest BCUT2D eigenvalue weighted by atomic mass is 35.5. The largest absolute Gasteiger partial charge is 0.458 e. The Kier molecular flexibility index (Phi) is 10.0. The first-order valence-corrected chi connectivity index (χ1v) is 17.6. The predicted octanol–water partition coefficient (Wildman–Crippen LogP) is 5.75. The smallest absolute Gasteiger partial charge is 0.382 e. The first kappa shape index (κ1) is 37.1. The van der Waals surface area contributed by atoms with Crippen LogP contribution in [0, 0.1) is 5.92 Å². The van der Waals surface area contributed by atoms with Crippen molar-refractivity contribution in [1.82, 2.24) is 25.2 Å². The van der Waals surface area contributed by atoms with Crippen molar-refractivity contribution in [3.63, 3.8) is 0 Å². The number of benzene rings is 1. The fourth-order valence-electron chi connectivity index (χ4n) is 6.86. The number of H-pyrrole nitrogens is 1. The number of aromatic amines is 1. The number of fused-ring (bicyclic) bond motifs is 3. The summed E-state index contributed by atoms with van der Waals surface area (Å²) >= 11 is 5.98. The number of furan rings is 1. The highest BCUT2D eigenvalue weighted by Crippen LogP contribution is 2.41. The molecule has 0 radical (unpaired) electrons. The van der Waals surface area contributed by atoms with Crippen LogP contribution in [0.5, 0.6) is 0 Å². The molecule has 2 aliphatic rings. The van der Waals surface area contributed by atoms with Crippen LogP contribution >= 0.6 is 11.6 Å². The first-order valence-electron chi connectivity index (χ1n) is 17.2. The Morgan fingerprint density at radius 2 is 1.92 bits per heavy atom. The molecule has 52 heavy (non-hydrogen) atoms. The van der Waals surface area contributed by atoms with Crippen LogP contribution in [0.3, 0.4) is 0 Å². The van der Waals surface area contributed by atoms with E-state index in [0.29, 0.717) is 30.4 Å². The maximum absolute atomic E-state index is 16.0. The lowest BCUT2D eigenvalue weighted by atomic mass is 9.79. The normalized spacial score (nSPS) is 21.2. The number of alkyl halides is 3. The minimum atomic E-state index is -4.20. The molecule has 16 heteroatoms. The minimum absolute atomic E-state index is 0.0301. The van der Waals surface area contributed by atoms with E-state index < -0.39 is 52.4 Å². The zero-order valence-electron chi connectivity index (χ0n) is 29.2. The van der Waals surface area contributed by atoms with Gasteiger partial charge in [0.25, 0.3) is 11.5 Å². The fourth-order valence-corrected chi connectivity index (χ4v) is 7.03. The standard InChI is InChI=1S/C36H40ClF3N6O6/c1-20-19-45(16-13-35(20,38)23-17-21(37)18-42-30(23)48)26(47)12-7-14-41-33(50)36(39,40)32-43-27-22-9-5-6-11-25(22)51-28(27)29(44-32)46-15-8-10-24(46)31(49)52-34(2,3)4/h5-6,9,11,17-18,20,24H,7-8,10,12-16,19H2,1-4H3,(H,41,50)(H,42,48)/t20-,24-,35+/m0/s1. The lowest BCUT2D eigenvalue weighted by Gasteiger charge is -2.41. The number of likely N-dealkylation sites (tertiary alicyclic amines) is 1. The molecule has 4 aromatic rings. The van der Waals surface area contributed by atoms with Crippen LogP contribution in [0.25, 0.3) is 22.1 Å². The number of anilines is 1. The van der Waals surface area contributed by atoms with Gasteiger partial charge in [-0.3, -0.25) is 14.4 Å². The van der Waals surface area contributed by atoms with E-state index in [-0.39, 0.29) is 72.3 Å². The van der Waals surface area contributed by atoms with E-state index in [1.54, 1.807) is 56.9 Å². The molecule has 3 atom stereocenters. The van der Waals surface area contributed by atoms with Crippen LogP contribution in [0.2, 0.25) is 5.02 Å². The molecule has 2 fully saturated rings. The Morgan fingerprint density at radius 1 is 1.17 bits per heavy atom. The number of carbonyl (C=O) groups excluding carboxylic acids is 3. The maximum Gasteiger partial charge on any atom is 0.382 e. The lowest BCUT2D eigenvalue weighted by molar-refractivity contribution is -0.156. The third-order valence-corrected chi connectivity index (χ3v) is 9.73. The van der Waals surface area contributed by atoms with Gasteiger partial charge in [-0.05, 0) is 58.2 Å². The predicted molar refractivity (Wildman–Crippen MR) is 187 cm³/mol. The van der Waals surface area contributed by atoms with Crippen molar-refractivity contribution in [3.05, 3.63) is 63.3 Å². The van der Waals surface area contributed by atoms with Gasteiger partial charge in [-0.1, -0.05) is 30.7 Å². The average Bonchev–Trinajstić information content (AvgIpc) is 3.73. The molecule has 5 heterocycles. The fraction of sp³-hybridized carbons (Fsp3) is 0.500. The first-order chi connectivity index (χ1) is 24.5. The second-order valence-corrected chi connectivity index (χ2v) is 14.8. The summed E-state index contributed by atoms with van der Waals surface area (Å²) in [6.45, 7) is 6.91. The number of nitrogens with zero attached hydrogens (tertiary/aromatic N) is 4. The number of pyridine rings is 1. The summed E-state index contributed by atoms with van der Waals surface area (Å²) in [6.07, 6.45) is 2.05. The van der Waals surface area contributed by atoms with E-state index in [4.69, 9.17) is 20.8 Å². The summed E-state index contributed by atoms with van der Waals surface area (Å²) < 4.78 is 59.4.